The van der Waals surface area contributed by atoms with Gasteiger partial charge in [0.05, 0.1) is 0 Å². The molecule has 0 aliphatic carbocycles. The molecule has 8 heavy (non-hydrogen) atoms. The minimum Gasteiger partial charge on any atom is -0.405 e. The number of allylic oxidation sites excluding steroid dienone is 3. The maximum absolute atomic E-state index is 9.95. The van der Waals surface area contributed by atoms with Crippen molar-refractivity contribution < 1.29 is 4.79 Å². The van der Waals surface area contributed by atoms with Crippen LogP contribution in [0.15, 0.2) is 23.9 Å². The summed E-state index contributed by atoms with van der Waals surface area (Å²) in [6.45, 7) is 1.78. The molecule has 2 N–H and O–H groups in total. The molecule has 0 heterocycles. The third-order valence-electron chi connectivity index (χ3n) is 0.758. The van der Waals surface area contributed by atoms with E-state index in [9.17, 15) is 4.79 Å². The van der Waals surface area contributed by atoms with Crippen molar-refractivity contribution in [2.45, 2.75) is 6.92 Å². The monoisotopic (exact) mass is 111 g/mol. The minimum absolute atomic E-state index is 0.604. The van der Waals surface area contributed by atoms with Gasteiger partial charge in [0.2, 0.25) is 0 Å². The van der Waals surface area contributed by atoms with Crippen LogP contribution in [-0.2, 0) is 4.79 Å². The van der Waals surface area contributed by atoms with Crippen LogP contribution in [0.3, 0.4) is 0 Å². The van der Waals surface area contributed by atoms with Crippen LogP contribution in [0.5, 0.6) is 0 Å². The van der Waals surface area contributed by atoms with Crippen molar-refractivity contribution in [3.63, 3.8) is 0 Å². The summed E-state index contributed by atoms with van der Waals surface area (Å²) in [4.78, 5) is 9.95. The minimum atomic E-state index is 0.604. The summed E-state index contributed by atoms with van der Waals surface area (Å²) in [5.74, 6) is 0. The van der Waals surface area contributed by atoms with Crippen molar-refractivity contribution in [1.29, 1.82) is 0 Å². The Morgan fingerprint density at radius 1 is 1.62 bits per heavy atom. The molecule has 0 aliphatic heterocycles. The quantitative estimate of drug-likeness (QED) is 0.322. The molecule has 0 spiro atoms. The zero-order valence-electron chi connectivity index (χ0n) is 4.79. The first-order chi connectivity index (χ1) is 3.85. The standard InChI is InChI=1S/C6H9NO/c1-2-6(5-8)3-4-7/h2-5H,7H2,1H3/b4-3-,6-2+. The number of carbonyl (C=O) groups excluding carboxylic acids is 1. The second-order valence-corrected chi connectivity index (χ2v) is 1.27. The van der Waals surface area contributed by atoms with Gasteiger partial charge in [0.15, 0.2) is 0 Å². The lowest BCUT2D eigenvalue weighted by Crippen LogP contribution is -1.81. The number of aldehydes is 1. The molecule has 0 saturated carbocycles. The summed E-state index contributed by atoms with van der Waals surface area (Å²) in [5, 5.41) is 0. The maximum Gasteiger partial charge on any atom is 0.149 e. The van der Waals surface area contributed by atoms with Gasteiger partial charge in [-0.2, -0.15) is 0 Å². The van der Waals surface area contributed by atoms with Crippen LogP contribution < -0.4 is 5.73 Å². The molecule has 0 radical (unpaired) electrons. The van der Waals surface area contributed by atoms with E-state index in [1.807, 2.05) is 0 Å². The summed E-state index contributed by atoms with van der Waals surface area (Å²) >= 11 is 0. The van der Waals surface area contributed by atoms with Crippen LogP contribution in [0.2, 0.25) is 0 Å². The predicted octanol–water partition coefficient (Wildman–Crippen LogP) is 0.604. The fourth-order valence-corrected chi connectivity index (χ4v) is 0.315. The molecule has 0 saturated heterocycles. The van der Waals surface area contributed by atoms with Gasteiger partial charge in [-0.15, -0.1) is 0 Å². The lowest BCUT2D eigenvalue weighted by atomic mass is 10.3. The van der Waals surface area contributed by atoms with E-state index in [0.717, 1.165) is 6.29 Å². The topological polar surface area (TPSA) is 43.1 Å². The first-order valence-electron chi connectivity index (χ1n) is 2.35. The molecule has 0 bridgehead atoms. The molecule has 2 nitrogen and oxygen atoms in total. The second-order valence-electron chi connectivity index (χ2n) is 1.27. The number of nitrogens with two attached hydrogens (primary N) is 1. The molecule has 2 heteroatoms. The van der Waals surface area contributed by atoms with Gasteiger partial charge in [-0.25, -0.2) is 0 Å². The van der Waals surface area contributed by atoms with Crippen molar-refractivity contribution in [2.24, 2.45) is 5.73 Å². The first-order valence-corrected chi connectivity index (χ1v) is 2.35. The van der Waals surface area contributed by atoms with Crippen molar-refractivity contribution in [2.75, 3.05) is 0 Å². The van der Waals surface area contributed by atoms with Crippen LogP contribution in [-0.4, -0.2) is 6.29 Å². The summed E-state index contributed by atoms with van der Waals surface area (Å²) < 4.78 is 0. The van der Waals surface area contributed by atoms with E-state index >= 15 is 0 Å². The highest BCUT2D eigenvalue weighted by atomic mass is 16.1. The molecule has 0 atom stereocenters. The lowest BCUT2D eigenvalue weighted by molar-refractivity contribution is -0.104. The SMILES string of the molecule is C/C=C(C=O)\C=C/N. The first kappa shape index (κ1) is 6.95. The van der Waals surface area contributed by atoms with E-state index in [1.54, 1.807) is 19.1 Å². The molecular formula is C6H9NO. The largest absolute Gasteiger partial charge is 0.405 e. The van der Waals surface area contributed by atoms with Gasteiger partial charge in [0, 0.05) is 5.57 Å². The molecule has 0 amide bonds. The number of hydrogen-bond acceptors (Lipinski definition) is 2. The fourth-order valence-electron chi connectivity index (χ4n) is 0.315. The van der Waals surface area contributed by atoms with Crippen LogP contribution in [0.1, 0.15) is 6.92 Å². The van der Waals surface area contributed by atoms with Gasteiger partial charge < -0.3 is 5.73 Å². The summed E-state index contributed by atoms with van der Waals surface area (Å²) in [6, 6.07) is 0. The van der Waals surface area contributed by atoms with E-state index in [2.05, 4.69) is 0 Å². The van der Waals surface area contributed by atoms with E-state index in [4.69, 9.17) is 5.73 Å². The Bertz CT molecular complexity index is 124. The third-order valence-corrected chi connectivity index (χ3v) is 0.758. The Morgan fingerprint density at radius 2 is 2.25 bits per heavy atom. The average molecular weight is 111 g/mol. The van der Waals surface area contributed by atoms with Gasteiger partial charge >= 0.3 is 0 Å². The van der Waals surface area contributed by atoms with Crippen molar-refractivity contribution in [1.82, 2.24) is 0 Å². The Kier molecular flexibility index (Phi) is 3.58. The van der Waals surface area contributed by atoms with E-state index in [-0.39, 0.29) is 0 Å². The molecule has 44 valence electrons. The molecule has 0 aliphatic rings. The van der Waals surface area contributed by atoms with Crippen molar-refractivity contribution in [3.8, 4) is 0 Å². The third kappa shape index (κ3) is 2.18. The fraction of sp³-hybridized carbons (Fsp3) is 0.167. The van der Waals surface area contributed by atoms with Gasteiger partial charge in [-0.3, -0.25) is 4.79 Å². The van der Waals surface area contributed by atoms with E-state index < -0.39 is 0 Å². The molecule has 0 rings (SSSR count). The van der Waals surface area contributed by atoms with Gasteiger partial charge in [-0.1, -0.05) is 6.08 Å². The van der Waals surface area contributed by atoms with E-state index in [0.29, 0.717) is 5.57 Å². The zero-order chi connectivity index (χ0) is 6.41. The Labute approximate surface area is 48.7 Å². The molecule has 0 aromatic heterocycles. The number of carbonyl (C=O) groups is 1. The highest BCUT2D eigenvalue weighted by Crippen LogP contribution is 1.87. The van der Waals surface area contributed by atoms with Crippen molar-refractivity contribution >= 4 is 6.29 Å². The van der Waals surface area contributed by atoms with Crippen LogP contribution in [0.25, 0.3) is 0 Å². The van der Waals surface area contributed by atoms with Crippen LogP contribution >= 0.6 is 0 Å². The normalized spacial score (nSPS) is 12.4. The van der Waals surface area contributed by atoms with Gasteiger partial charge in [-0.05, 0) is 19.2 Å². The van der Waals surface area contributed by atoms with E-state index in [1.165, 1.54) is 6.20 Å². The summed E-state index contributed by atoms with van der Waals surface area (Å²) in [7, 11) is 0. The number of hydrogen-bond donors (Lipinski definition) is 1. The maximum atomic E-state index is 9.95. The Morgan fingerprint density at radius 3 is 2.38 bits per heavy atom. The molecule has 0 aromatic carbocycles. The average Bonchev–Trinajstić information content (AvgIpc) is 1.83. The number of rotatable bonds is 2. The highest BCUT2D eigenvalue weighted by Gasteiger charge is 1.79. The highest BCUT2D eigenvalue weighted by molar-refractivity contribution is 5.77. The van der Waals surface area contributed by atoms with Crippen LogP contribution in [0.4, 0.5) is 0 Å². The summed E-state index contributed by atoms with van der Waals surface area (Å²) in [5.41, 5.74) is 5.60. The van der Waals surface area contributed by atoms with Gasteiger partial charge in [0.1, 0.15) is 6.29 Å². The van der Waals surface area contributed by atoms with Crippen molar-refractivity contribution in [3.05, 3.63) is 23.9 Å². The predicted molar refractivity (Wildman–Crippen MR) is 33.1 cm³/mol. The second kappa shape index (κ2) is 4.12. The summed E-state index contributed by atoms with van der Waals surface area (Å²) in [6.07, 6.45) is 5.33. The van der Waals surface area contributed by atoms with Gasteiger partial charge in [0.25, 0.3) is 0 Å². The smallest absolute Gasteiger partial charge is 0.149 e. The molecule has 0 fully saturated rings. The molecular weight excluding hydrogens is 102 g/mol. The molecule has 0 aromatic rings. The Balaban J connectivity index is 3.91. The zero-order valence-corrected chi connectivity index (χ0v) is 4.79. The lowest BCUT2D eigenvalue weighted by Gasteiger charge is -1.80. The Hall–Kier alpha value is -1.05. The molecule has 0 unspecified atom stereocenters. The van der Waals surface area contributed by atoms with Crippen LogP contribution in [0, 0.1) is 0 Å².